The summed E-state index contributed by atoms with van der Waals surface area (Å²) < 4.78 is 9.43. The smallest absolute Gasteiger partial charge is 0.332 e. The zero-order valence-electron chi connectivity index (χ0n) is 15.5. The van der Waals surface area contributed by atoms with Crippen LogP contribution < -0.4 is 17.0 Å². The topological polar surface area (TPSA) is 127 Å². The summed E-state index contributed by atoms with van der Waals surface area (Å²) in [5, 5.41) is 4.01. The van der Waals surface area contributed by atoms with Gasteiger partial charge in [-0.15, -0.1) is 0 Å². The fourth-order valence-electron chi connectivity index (χ4n) is 3.05. The average Bonchev–Trinajstić information content (AvgIpc) is 3.36. The second-order valence-corrected chi connectivity index (χ2v) is 6.48. The fourth-order valence-corrected chi connectivity index (χ4v) is 3.05. The third kappa shape index (κ3) is 2.93. The first kappa shape index (κ1) is 17.9. The van der Waals surface area contributed by atoms with Crippen molar-refractivity contribution in [1.82, 2.24) is 28.8 Å². The summed E-state index contributed by atoms with van der Waals surface area (Å²) in [6.45, 7) is 0.888. The molecule has 4 aromatic rings. The quantitative estimate of drug-likeness (QED) is 0.522. The molecule has 0 aliphatic carbocycles. The van der Waals surface area contributed by atoms with Gasteiger partial charge in [0, 0.05) is 39.2 Å². The molecule has 28 heavy (non-hydrogen) atoms. The third-order valence-corrected chi connectivity index (χ3v) is 4.70. The molecule has 3 aromatic heterocycles. The van der Waals surface area contributed by atoms with Crippen molar-refractivity contribution in [3.63, 3.8) is 0 Å². The fraction of sp³-hybridized carbons (Fsp3) is 0.278. The number of aryl methyl sites for hydroxylation is 3. The summed E-state index contributed by atoms with van der Waals surface area (Å²) in [4.78, 5) is 33.1. The first-order chi connectivity index (χ1) is 13.5. The molecule has 0 radical (unpaired) electrons. The van der Waals surface area contributed by atoms with Crippen LogP contribution in [-0.4, -0.2) is 28.8 Å². The van der Waals surface area contributed by atoms with Crippen LogP contribution in [0.3, 0.4) is 0 Å². The number of nitrogens with zero attached hydrogens (tertiary/aromatic N) is 6. The number of aromatic nitrogens is 6. The molecular weight excluding hydrogens is 362 g/mol. The van der Waals surface area contributed by atoms with Crippen molar-refractivity contribution in [3.8, 4) is 11.4 Å². The van der Waals surface area contributed by atoms with Crippen molar-refractivity contribution in [2.75, 3.05) is 0 Å². The van der Waals surface area contributed by atoms with E-state index in [0.717, 1.165) is 15.7 Å². The number of rotatable bonds is 5. The van der Waals surface area contributed by atoms with Crippen LogP contribution in [0.1, 0.15) is 11.5 Å². The maximum Gasteiger partial charge on any atom is 0.332 e. The van der Waals surface area contributed by atoms with Gasteiger partial charge in [0.15, 0.2) is 11.2 Å². The van der Waals surface area contributed by atoms with Gasteiger partial charge in [-0.25, -0.2) is 9.78 Å². The molecular formula is C18H19N7O3. The minimum atomic E-state index is -0.412. The van der Waals surface area contributed by atoms with E-state index >= 15 is 0 Å². The van der Waals surface area contributed by atoms with Gasteiger partial charge in [-0.1, -0.05) is 29.4 Å². The van der Waals surface area contributed by atoms with Gasteiger partial charge >= 0.3 is 5.69 Å². The highest BCUT2D eigenvalue weighted by Gasteiger charge is 2.15. The van der Waals surface area contributed by atoms with E-state index in [-0.39, 0.29) is 5.56 Å². The molecule has 0 spiro atoms. The molecule has 10 nitrogen and oxygen atoms in total. The van der Waals surface area contributed by atoms with Crippen molar-refractivity contribution >= 4 is 11.2 Å². The Kier molecular flexibility index (Phi) is 4.40. The van der Waals surface area contributed by atoms with Gasteiger partial charge in [0.25, 0.3) is 5.56 Å². The highest BCUT2D eigenvalue weighted by atomic mass is 16.5. The predicted octanol–water partition coefficient (Wildman–Crippen LogP) is 0.185. The molecule has 4 rings (SSSR count). The van der Waals surface area contributed by atoms with Crippen LogP contribution in [0, 0.1) is 0 Å². The SMILES string of the molecule is Cn1c(=O)c2c(ncn2CCc2nc(-c3ccc(CN)cc3)no2)n(C)c1=O. The maximum atomic E-state index is 12.5. The first-order valence-electron chi connectivity index (χ1n) is 8.72. The van der Waals surface area contributed by atoms with Crippen LogP contribution in [0.15, 0.2) is 44.7 Å². The summed E-state index contributed by atoms with van der Waals surface area (Å²) >= 11 is 0. The molecule has 3 heterocycles. The summed E-state index contributed by atoms with van der Waals surface area (Å²) in [6.07, 6.45) is 1.96. The second-order valence-electron chi connectivity index (χ2n) is 6.48. The standard InChI is InChI=1S/C18H19N7O3/c1-23-16-14(17(26)24(2)18(23)27)25(10-20-16)8-7-13-21-15(22-28-13)12-5-3-11(9-19)4-6-12/h3-6,10H,7-9,19H2,1-2H3. The Morgan fingerprint density at radius 2 is 1.86 bits per heavy atom. The Hall–Kier alpha value is -3.53. The van der Waals surface area contributed by atoms with Crippen molar-refractivity contribution < 1.29 is 4.52 Å². The molecule has 2 N–H and O–H groups in total. The van der Waals surface area contributed by atoms with Crippen molar-refractivity contribution in [2.45, 2.75) is 19.5 Å². The highest BCUT2D eigenvalue weighted by molar-refractivity contribution is 5.69. The van der Waals surface area contributed by atoms with E-state index in [1.165, 1.54) is 17.9 Å². The summed E-state index contributed by atoms with van der Waals surface area (Å²) in [7, 11) is 3.03. The molecule has 0 aliphatic rings. The Morgan fingerprint density at radius 1 is 1.11 bits per heavy atom. The maximum absolute atomic E-state index is 12.5. The zero-order chi connectivity index (χ0) is 19.8. The van der Waals surface area contributed by atoms with E-state index < -0.39 is 5.69 Å². The molecule has 0 unspecified atom stereocenters. The van der Waals surface area contributed by atoms with Crippen molar-refractivity contribution in [1.29, 1.82) is 0 Å². The molecule has 1 aromatic carbocycles. The Morgan fingerprint density at radius 3 is 2.57 bits per heavy atom. The molecule has 0 aliphatic heterocycles. The van der Waals surface area contributed by atoms with Crippen molar-refractivity contribution in [3.05, 3.63) is 62.9 Å². The monoisotopic (exact) mass is 381 g/mol. The minimum absolute atomic E-state index is 0.347. The van der Waals surface area contributed by atoms with Gasteiger partial charge in [-0.2, -0.15) is 4.98 Å². The Balaban J connectivity index is 1.58. The van der Waals surface area contributed by atoms with Crippen LogP contribution in [0.4, 0.5) is 0 Å². The lowest BCUT2D eigenvalue weighted by Gasteiger charge is -2.05. The molecule has 144 valence electrons. The number of hydrogen-bond donors (Lipinski definition) is 1. The van der Waals surface area contributed by atoms with Crippen LogP contribution in [0.25, 0.3) is 22.6 Å². The van der Waals surface area contributed by atoms with Gasteiger partial charge in [-0.05, 0) is 5.56 Å². The molecule has 10 heteroatoms. The van der Waals surface area contributed by atoms with Gasteiger partial charge in [0.2, 0.25) is 11.7 Å². The molecule has 0 atom stereocenters. The van der Waals surface area contributed by atoms with Gasteiger partial charge in [0.05, 0.1) is 6.33 Å². The van der Waals surface area contributed by atoms with Gasteiger partial charge < -0.3 is 14.8 Å². The van der Waals surface area contributed by atoms with E-state index in [9.17, 15) is 9.59 Å². The first-order valence-corrected chi connectivity index (χ1v) is 8.72. The number of imidazole rings is 1. The van der Waals surface area contributed by atoms with Crippen molar-refractivity contribution in [2.24, 2.45) is 19.8 Å². The molecule has 0 fully saturated rings. The lowest BCUT2D eigenvalue weighted by atomic mass is 10.1. The molecule has 0 amide bonds. The second kappa shape index (κ2) is 6.89. The van der Waals surface area contributed by atoms with E-state index in [1.807, 2.05) is 24.3 Å². The zero-order valence-corrected chi connectivity index (χ0v) is 15.5. The van der Waals surface area contributed by atoms with Gasteiger partial charge in [0.1, 0.15) is 0 Å². The lowest BCUT2D eigenvalue weighted by Crippen LogP contribution is -2.37. The van der Waals surface area contributed by atoms with Gasteiger partial charge in [-0.3, -0.25) is 13.9 Å². The molecule has 0 bridgehead atoms. The van der Waals surface area contributed by atoms with Crippen LogP contribution in [-0.2, 0) is 33.6 Å². The van der Waals surface area contributed by atoms with Crippen LogP contribution in [0.5, 0.6) is 0 Å². The highest BCUT2D eigenvalue weighted by Crippen LogP contribution is 2.17. The van der Waals surface area contributed by atoms with Crippen LogP contribution >= 0.6 is 0 Å². The number of benzene rings is 1. The summed E-state index contributed by atoms with van der Waals surface area (Å²) in [5.74, 6) is 0.939. The lowest BCUT2D eigenvalue weighted by molar-refractivity contribution is 0.372. The number of hydrogen-bond acceptors (Lipinski definition) is 7. The largest absolute Gasteiger partial charge is 0.339 e. The third-order valence-electron chi connectivity index (χ3n) is 4.70. The summed E-state index contributed by atoms with van der Waals surface area (Å²) in [5.41, 5.74) is 7.38. The van der Waals surface area contributed by atoms with E-state index in [0.29, 0.717) is 42.4 Å². The minimum Gasteiger partial charge on any atom is -0.339 e. The Labute approximate surface area is 158 Å². The normalized spacial score (nSPS) is 11.4. The van der Waals surface area contributed by atoms with E-state index in [1.54, 1.807) is 11.6 Å². The van der Waals surface area contributed by atoms with Crippen LogP contribution in [0.2, 0.25) is 0 Å². The number of fused-ring (bicyclic) bond motifs is 1. The molecule has 0 saturated carbocycles. The predicted molar refractivity (Wildman–Crippen MR) is 102 cm³/mol. The summed E-state index contributed by atoms with van der Waals surface area (Å²) in [6, 6.07) is 7.63. The average molecular weight is 381 g/mol. The Bertz CT molecular complexity index is 1260. The molecule has 0 saturated heterocycles. The number of nitrogens with two attached hydrogens (primary N) is 1. The van der Waals surface area contributed by atoms with E-state index in [2.05, 4.69) is 15.1 Å². The van der Waals surface area contributed by atoms with E-state index in [4.69, 9.17) is 10.3 Å².